The smallest absolute Gasteiger partial charge is 0.410 e. The van der Waals surface area contributed by atoms with Crippen LogP contribution in [0.1, 0.15) is 11.1 Å². The van der Waals surface area contributed by atoms with Crippen LogP contribution in [0.3, 0.4) is 0 Å². The molecule has 1 N–H and O–H groups in total. The maximum Gasteiger partial charge on any atom is 0.410 e. The van der Waals surface area contributed by atoms with E-state index in [0.29, 0.717) is 12.3 Å². The Bertz CT molecular complexity index is 836. The first-order valence-electron chi connectivity index (χ1n) is 9.08. The van der Waals surface area contributed by atoms with Crippen LogP contribution in [0.2, 0.25) is 0 Å². The lowest BCUT2D eigenvalue weighted by Crippen LogP contribution is -2.45. The highest BCUT2D eigenvalue weighted by Gasteiger charge is 2.37. The molecule has 7 heteroatoms. The average molecular weight is 383 g/mol. The zero-order valence-electron chi connectivity index (χ0n) is 16.3. The second kappa shape index (κ2) is 8.65. The van der Waals surface area contributed by atoms with Crippen LogP contribution in [0.25, 0.3) is 0 Å². The maximum atomic E-state index is 12.6. The molecule has 0 saturated carbocycles. The molecule has 0 radical (unpaired) electrons. The number of hydrogen-bond donors (Lipinski definition) is 1. The highest BCUT2D eigenvalue weighted by Crippen LogP contribution is 2.20. The summed E-state index contributed by atoms with van der Waals surface area (Å²) in [6, 6.07) is 14.7. The minimum Gasteiger partial charge on any atom is -0.497 e. The van der Waals surface area contributed by atoms with E-state index in [0.717, 1.165) is 16.8 Å². The molecule has 1 fully saturated rings. The first-order chi connectivity index (χ1) is 13.5. The summed E-state index contributed by atoms with van der Waals surface area (Å²) < 4.78 is 10.3. The SMILES string of the molecule is COc1cccc(CN2C(=O)OC[C@H]2C(=O)NCc2ccc(N(C)C)cc2)c1. The Labute approximate surface area is 164 Å². The van der Waals surface area contributed by atoms with Crippen LogP contribution in [-0.4, -0.2) is 50.8 Å². The van der Waals surface area contributed by atoms with Gasteiger partial charge < -0.3 is 19.7 Å². The van der Waals surface area contributed by atoms with Crippen LogP contribution in [0.5, 0.6) is 5.75 Å². The number of nitrogens with zero attached hydrogens (tertiary/aromatic N) is 2. The van der Waals surface area contributed by atoms with E-state index >= 15 is 0 Å². The van der Waals surface area contributed by atoms with E-state index in [1.54, 1.807) is 7.11 Å². The molecule has 2 aromatic carbocycles. The molecule has 1 aliphatic rings. The fraction of sp³-hybridized carbons (Fsp3) is 0.333. The molecule has 1 atom stereocenters. The summed E-state index contributed by atoms with van der Waals surface area (Å²) in [5.41, 5.74) is 2.95. The van der Waals surface area contributed by atoms with Crippen molar-refractivity contribution in [3.63, 3.8) is 0 Å². The van der Waals surface area contributed by atoms with Crippen molar-refractivity contribution in [2.45, 2.75) is 19.1 Å². The summed E-state index contributed by atoms with van der Waals surface area (Å²) in [7, 11) is 5.54. The number of methoxy groups -OCH3 is 1. The Morgan fingerprint density at radius 1 is 1.21 bits per heavy atom. The molecular formula is C21H25N3O4. The highest BCUT2D eigenvalue weighted by atomic mass is 16.6. The second-order valence-corrected chi connectivity index (χ2v) is 6.85. The number of cyclic esters (lactones) is 1. The Morgan fingerprint density at radius 3 is 2.64 bits per heavy atom. The largest absolute Gasteiger partial charge is 0.497 e. The molecule has 0 bridgehead atoms. The molecule has 2 aromatic rings. The van der Waals surface area contributed by atoms with Crippen molar-refractivity contribution in [3.05, 3.63) is 59.7 Å². The predicted molar refractivity (Wildman–Crippen MR) is 106 cm³/mol. The van der Waals surface area contributed by atoms with Gasteiger partial charge >= 0.3 is 6.09 Å². The third kappa shape index (κ3) is 4.54. The quantitative estimate of drug-likeness (QED) is 0.795. The first-order valence-corrected chi connectivity index (χ1v) is 9.08. The van der Waals surface area contributed by atoms with Crippen LogP contribution in [0, 0.1) is 0 Å². The lowest BCUT2D eigenvalue weighted by molar-refractivity contribution is -0.125. The number of hydrogen-bond acceptors (Lipinski definition) is 5. The van der Waals surface area contributed by atoms with E-state index in [2.05, 4.69) is 5.32 Å². The molecule has 0 aromatic heterocycles. The highest BCUT2D eigenvalue weighted by molar-refractivity contribution is 5.87. The summed E-state index contributed by atoms with van der Waals surface area (Å²) >= 11 is 0. The molecule has 1 saturated heterocycles. The number of amides is 2. The lowest BCUT2D eigenvalue weighted by Gasteiger charge is -2.21. The Hall–Kier alpha value is -3.22. The fourth-order valence-corrected chi connectivity index (χ4v) is 3.03. The van der Waals surface area contributed by atoms with Gasteiger partial charge in [0.1, 0.15) is 18.4 Å². The number of carbonyl (C=O) groups is 2. The van der Waals surface area contributed by atoms with E-state index in [4.69, 9.17) is 9.47 Å². The van der Waals surface area contributed by atoms with Gasteiger partial charge in [0, 0.05) is 26.3 Å². The normalized spacial score (nSPS) is 15.9. The molecule has 3 rings (SSSR count). The zero-order chi connectivity index (χ0) is 20.1. The van der Waals surface area contributed by atoms with Crippen LogP contribution in [0.4, 0.5) is 10.5 Å². The Morgan fingerprint density at radius 2 is 1.96 bits per heavy atom. The van der Waals surface area contributed by atoms with Crippen LogP contribution in [0.15, 0.2) is 48.5 Å². The molecule has 0 unspecified atom stereocenters. The van der Waals surface area contributed by atoms with E-state index in [1.807, 2.05) is 67.5 Å². The zero-order valence-corrected chi connectivity index (χ0v) is 16.3. The molecule has 1 aliphatic heterocycles. The van der Waals surface area contributed by atoms with Crippen molar-refractivity contribution in [2.24, 2.45) is 0 Å². The average Bonchev–Trinajstić information content (AvgIpc) is 3.07. The molecule has 7 nitrogen and oxygen atoms in total. The fourth-order valence-electron chi connectivity index (χ4n) is 3.03. The maximum absolute atomic E-state index is 12.6. The summed E-state index contributed by atoms with van der Waals surface area (Å²) in [4.78, 5) is 28.2. The lowest BCUT2D eigenvalue weighted by atomic mass is 10.1. The minimum atomic E-state index is -0.653. The third-order valence-corrected chi connectivity index (χ3v) is 4.68. The Balaban J connectivity index is 1.62. The van der Waals surface area contributed by atoms with Crippen molar-refractivity contribution in [1.29, 1.82) is 0 Å². The van der Waals surface area contributed by atoms with Gasteiger partial charge in [-0.3, -0.25) is 9.69 Å². The van der Waals surface area contributed by atoms with Crippen molar-refractivity contribution in [1.82, 2.24) is 10.2 Å². The number of carbonyl (C=O) groups excluding carboxylic acids is 2. The van der Waals surface area contributed by atoms with Crippen molar-refractivity contribution in [3.8, 4) is 5.75 Å². The van der Waals surface area contributed by atoms with Gasteiger partial charge in [0.2, 0.25) is 5.91 Å². The van der Waals surface area contributed by atoms with E-state index in [-0.39, 0.29) is 19.1 Å². The van der Waals surface area contributed by atoms with Crippen LogP contribution in [-0.2, 0) is 22.6 Å². The number of nitrogens with one attached hydrogen (secondary N) is 1. The van der Waals surface area contributed by atoms with E-state index in [1.165, 1.54) is 4.90 Å². The molecule has 2 amide bonds. The molecule has 148 valence electrons. The van der Waals surface area contributed by atoms with Gasteiger partial charge in [0.25, 0.3) is 0 Å². The first kappa shape index (κ1) is 19.5. The summed E-state index contributed by atoms with van der Waals surface area (Å²) in [6.45, 7) is 0.726. The van der Waals surface area contributed by atoms with Crippen LogP contribution < -0.4 is 15.0 Å². The van der Waals surface area contributed by atoms with E-state index < -0.39 is 12.1 Å². The van der Waals surface area contributed by atoms with Crippen molar-refractivity contribution < 1.29 is 19.1 Å². The number of anilines is 1. The molecule has 28 heavy (non-hydrogen) atoms. The summed E-state index contributed by atoms with van der Waals surface area (Å²) in [6.07, 6.45) is -0.488. The van der Waals surface area contributed by atoms with Gasteiger partial charge in [-0.1, -0.05) is 24.3 Å². The summed E-state index contributed by atoms with van der Waals surface area (Å²) in [5, 5.41) is 2.90. The van der Waals surface area contributed by atoms with Gasteiger partial charge in [-0.25, -0.2) is 4.79 Å². The van der Waals surface area contributed by atoms with Gasteiger partial charge in [-0.05, 0) is 35.4 Å². The third-order valence-electron chi connectivity index (χ3n) is 4.68. The number of benzene rings is 2. The standard InChI is InChI=1S/C21H25N3O4/c1-23(2)17-9-7-15(8-10-17)12-22-20(25)19-14-28-21(26)24(19)13-16-5-4-6-18(11-16)27-3/h4-11,19H,12-14H2,1-3H3,(H,22,25)/t19-/m0/s1. The monoisotopic (exact) mass is 383 g/mol. The second-order valence-electron chi connectivity index (χ2n) is 6.85. The van der Waals surface area contributed by atoms with Gasteiger partial charge in [0.05, 0.1) is 13.7 Å². The van der Waals surface area contributed by atoms with Gasteiger partial charge in [0.15, 0.2) is 0 Å². The van der Waals surface area contributed by atoms with Crippen molar-refractivity contribution >= 4 is 17.7 Å². The van der Waals surface area contributed by atoms with Crippen molar-refractivity contribution in [2.75, 3.05) is 32.7 Å². The number of ether oxygens (including phenoxy) is 2. The Kier molecular flexibility index (Phi) is 6.03. The summed E-state index contributed by atoms with van der Waals surface area (Å²) in [5.74, 6) is 0.470. The van der Waals surface area contributed by atoms with E-state index in [9.17, 15) is 9.59 Å². The molecular weight excluding hydrogens is 358 g/mol. The van der Waals surface area contributed by atoms with Gasteiger partial charge in [-0.15, -0.1) is 0 Å². The molecule has 1 heterocycles. The number of rotatable bonds is 7. The topological polar surface area (TPSA) is 71.1 Å². The molecule has 0 aliphatic carbocycles. The van der Waals surface area contributed by atoms with Crippen LogP contribution >= 0.6 is 0 Å². The molecule has 0 spiro atoms. The predicted octanol–water partition coefficient (Wildman–Crippen LogP) is 2.40. The minimum absolute atomic E-state index is 0.0498. The van der Waals surface area contributed by atoms with Gasteiger partial charge in [-0.2, -0.15) is 0 Å².